The zero-order valence-corrected chi connectivity index (χ0v) is 12.8. The average Bonchev–Trinajstić information content (AvgIpc) is 3.26. The number of pyridine rings is 1. The fourth-order valence-electron chi connectivity index (χ4n) is 2.77. The summed E-state index contributed by atoms with van der Waals surface area (Å²) in [7, 11) is 0. The molecule has 1 N–H and O–H groups in total. The highest BCUT2D eigenvalue weighted by atomic mass is 16.5. The molecule has 4 rings (SSSR count). The third-order valence-corrected chi connectivity index (χ3v) is 4.02. The van der Waals surface area contributed by atoms with Crippen molar-refractivity contribution in [3.8, 4) is 16.9 Å². The van der Waals surface area contributed by atoms with E-state index in [1.807, 2.05) is 29.1 Å². The topological polar surface area (TPSA) is 52.0 Å². The lowest BCUT2D eigenvalue weighted by Gasteiger charge is -2.08. The van der Waals surface area contributed by atoms with Crippen LogP contribution in [0.1, 0.15) is 5.56 Å². The van der Waals surface area contributed by atoms with E-state index < -0.39 is 0 Å². The predicted octanol–water partition coefficient (Wildman–Crippen LogP) is 2.99. The molecule has 0 radical (unpaired) electrons. The molecule has 1 aromatic carbocycles. The standard InChI is InChI=1S/C18H18N4O/c1-3-17(23-10-9-22-8-7-19-13-22)4-2-14(1)16-11-15-5-6-20-18(15)21-12-16/h1-4,7-8,11-13H,5-6,9-10H2,(H,20,21). The van der Waals surface area contributed by atoms with Gasteiger partial charge in [-0.3, -0.25) is 0 Å². The third-order valence-electron chi connectivity index (χ3n) is 4.02. The van der Waals surface area contributed by atoms with Crippen molar-refractivity contribution in [2.24, 2.45) is 0 Å². The van der Waals surface area contributed by atoms with Crippen LogP contribution >= 0.6 is 0 Å². The van der Waals surface area contributed by atoms with Gasteiger partial charge in [-0.25, -0.2) is 9.97 Å². The second-order valence-corrected chi connectivity index (χ2v) is 5.58. The van der Waals surface area contributed by atoms with Gasteiger partial charge < -0.3 is 14.6 Å². The molecule has 2 aromatic heterocycles. The number of hydrogen-bond donors (Lipinski definition) is 1. The monoisotopic (exact) mass is 306 g/mol. The van der Waals surface area contributed by atoms with Gasteiger partial charge in [0.05, 0.1) is 12.9 Å². The van der Waals surface area contributed by atoms with Crippen LogP contribution in [0.5, 0.6) is 5.75 Å². The molecule has 3 heterocycles. The van der Waals surface area contributed by atoms with Crippen LogP contribution in [0.3, 0.4) is 0 Å². The maximum absolute atomic E-state index is 5.77. The molecule has 0 atom stereocenters. The second-order valence-electron chi connectivity index (χ2n) is 5.58. The molecule has 0 fully saturated rings. The number of aromatic nitrogens is 3. The summed E-state index contributed by atoms with van der Waals surface area (Å²) in [6, 6.07) is 10.4. The van der Waals surface area contributed by atoms with Crippen molar-refractivity contribution in [1.82, 2.24) is 14.5 Å². The van der Waals surface area contributed by atoms with Crippen LogP contribution in [0, 0.1) is 0 Å². The van der Waals surface area contributed by atoms with Crippen LogP contribution in [-0.2, 0) is 13.0 Å². The van der Waals surface area contributed by atoms with Crippen LogP contribution in [0.25, 0.3) is 11.1 Å². The first kappa shape index (κ1) is 13.8. The summed E-state index contributed by atoms with van der Waals surface area (Å²) in [6.07, 6.45) is 8.47. The van der Waals surface area contributed by atoms with E-state index in [2.05, 4.69) is 33.5 Å². The molecule has 0 amide bonds. The highest BCUT2D eigenvalue weighted by Crippen LogP contribution is 2.27. The molecule has 1 aliphatic heterocycles. The Hall–Kier alpha value is -2.82. The molecule has 0 saturated carbocycles. The molecule has 0 spiro atoms. The first-order valence-electron chi connectivity index (χ1n) is 7.80. The lowest BCUT2D eigenvalue weighted by atomic mass is 10.1. The largest absolute Gasteiger partial charge is 0.492 e. The molecule has 0 unspecified atom stereocenters. The van der Waals surface area contributed by atoms with Gasteiger partial charge in [-0.2, -0.15) is 0 Å². The summed E-state index contributed by atoms with van der Waals surface area (Å²) in [6.45, 7) is 2.40. The highest BCUT2D eigenvalue weighted by molar-refractivity contribution is 5.67. The van der Waals surface area contributed by atoms with Gasteiger partial charge >= 0.3 is 0 Å². The smallest absolute Gasteiger partial charge is 0.129 e. The molecule has 0 saturated heterocycles. The Labute approximate surface area is 135 Å². The Morgan fingerprint density at radius 3 is 2.91 bits per heavy atom. The lowest BCUT2D eigenvalue weighted by molar-refractivity contribution is 0.298. The molecule has 23 heavy (non-hydrogen) atoms. The van der Waals surface area contributed by atoms with E-state index in [9.17, 15) is 0 Å². The van der Waals surface area contributed by atoms with Gasteiger partial charge in [0.15, 0.2) is 0 Å². The highest BCUT2D eigenvalue weighted by Gasteiger charge is 2.12. The number of imidazole rings is 1. The van der Waals surface area contributed by atoms with Crippen LogP contribution in [0.15, 0.2) is 55.2 Å². The van der Waals surface area contributed by atoms with E-state index in [0.717, 1.165) is 42.2 Å². The number of hydrogen-bond acceptors (Lipinski definition) is 4. The van der Waals surface area contributed by atoms with Gasteiger partial charge in [-0.05, 0) is 35.7 Å². The first-order valence-corrected chi connectivity index (χ1v) is 7.80. The van der Waals surface area contributed by atoms with E-state index >= 15 is 0 Å². The molecule has 5 heteroatoms. The van der Waals surface area contributed by atoms with Crippen molar-refractivity contribution in [1.29, 1.82) is 0 Å². The van der Waals surface area contributed by atoms with Crippen LogP contribution in [0.4, 0.5) is 5.82 Å². The number of fused-ring (bicyclic) bond motifs is 1. The zero-order valence-electron chi connectivity index (χ0n) is 12.8. The average molecular weight is 306 g/mol. The van der Waals surface area contributed by atoms with Crippen molar-refractivity contribution in [2.45, 2.75) is 13.0 Å². The Balaban J connectivity index is 1.41. The van der Waals surface area contributed by atoms with Crippen molar-refractivity contribution in [2.75, 3.05) is 18.5 Å². The Kier molecular flexibility index (Phi) is 3.68. The molecule has 0 aliphatic carbocycles. The van der Waals surface area contributed by atoms with Gasteiger partial charge in [0, 0.05) is 30.7 Å². The van der Waals surface area contributed by atoms with E-state index in [4.69, 9.17) is 4.74 Å². The quantitative estimate of drug-likeness (QED) is 0.787. The fraction of sp³-hybridized carbons (Fsp3) is 0.222. The van der Waals surface area contributed by atoms with E-state index in [1.54, 1.807) is 12.5 Å². The number of anilines is 1. The number of nitrogens with zero attached hydrogens (tertiary/aromatic N) is 3. The van der Waals surface area contributed by atoms with E-state index in [0.29, 0.717) is 6.61 Å². The molecular weight excluding hydrogens is 288 g/mol. The number of ether oxygens (including phenoxy) is 1. The minimum absolute atomic E-state index is 0.627. The molecular formula is C18H18N4O. The molecule has 3 aromatic rings. The van der Waals surface area contributed by atoms with Gasteiger partial charge in [0.2, 0.25) is 0 Å². The van der Waals surface area contributed by atoms with E-state index in [-0.39, 0.29) is 0 Å². The van der Waals surface area contributed by atoms with Gasteiger partial charge in [-0.1, -0.05) is 12.1 Å². The molecule has 5 nitrogen and oxygen atoms in total. The number of rotatable bonds is 5. The maximum Gasteiger partial charge on any atom is 0.129 e. The zero-order chi connectivity index (χ0) is 15.5. The minimum Gasteiger partial charge on any atom is -0.492 e. The normalized spacial score (nSPS) is 12.7. The predicted molar refractivity (Wildman–Crippen MR) is 89.6 cm³/mol. The second kappa shape index (κ2) is 6.12. The SMILES string of the molecule is c1cn(CCOc2ccc(-c3cnc4c(c3)CCN4)cc2)cn1. The van der Waals surface area contributed by atoms with Crippen molar-refractivity contribution in [3.05, 3.63) is 60.8 Å². The minimum atomic E-state index is 0.627. The molecule has 116 valence electrons. The lowest BCUT2D eigenvalue weighted by Crippen LogP contribution is -2.06. The Morgan fingerprint density at radius 2 is 2.09 bits per heavy atom. The fourth-order valence-corrected chi connectivity index (χ4v) is 2.77. The maximum atomic E-state index is 5.77. The van der Waals surface area contributed by atoms with Crippen molar-refractivity contribution in [3.63, 3.8) is 0 Å². The summed E-state index contributed by atoms with van der Waals surface area (Å²) < 4.78 is 7.77. The molecule has 0 bridgehead atoms. The third kappa shape index (κ3) is 3.04. The molecule has 1 aliphatic rings. The van der Waals surface area contributed by atoms with Crippen molar-refractivity contribution >= 4 is 5.82 Å². The van der Waals surface area contributed by atoms with Gasteiger partial charge in [0.25, 0.3) is 0 Å². The van der Waals surface area contributed by atoms with Crippen LogP contribution in [0.2, 0.25) is 0 Å². The van der Waals surface area contributed by atoms with Crippen LogP contribution in [-0.4, -0.2) is 27.7 Å². The van der Waals surface area contributed by atoms with Crippen molar-refractivity contribution < 1.29 is 4.74 Å². The Morgan fingerprint density at radius 1 is 1.17 bits per heavy atom. The summed E-state index contributed by atoms with van der Waals surface area (Å²) in [5.74, 6) is 1.90. The van der Waals surface area contributed by atoms with Gasteiger partial charge in [0.1, 0.15) is 18.2 Å². The van der Waals surface area contributed by atoms with Crippen LogP contribution < -0.4 is 10.1 Å². The first-order chi connectivity index (χ1) is 11.4. The number of benzene rings is 1. The summed E-state index contributed by atoms with van der Waals surface area (Å²) >= 11 is 0. The number of nitrogens with one attached hydrogen (secondary N) is 1. The van der Waals surface area contributed by atoms with E-state index in [1.165, 1.54) is 5.56 Å². The Bertz CT molecular complexity index is 781. The summed E-state index contributed by atoms with van der Waals surface area (Å²) in [5.41, 5.74) is 3.61. The van der Waals surface area contributed by atoms with Gasteiger partial charge in [-0.15, -0.1) is 0 Å². The summed E-state index contributed by atoms with van der Waals surface area (Å²) in [5, 5.41) is 3.29. The summed E-state index contributed by atoms with van der Waals surface area (Å²) in [4.78, 5) is 8.50.